The number of unbranched alkanes of at least 4 members (excludes halogenated alkanes) is 1. The number of hydrogen-bond acceptors (Lipinski definition) is 5. The molecule has 1 aliphatic rings. The Labute approximate surface area is 161 Å². The third kappa shape index (κ3) is 5.40. The summed E-state index contributed by atoms with van der Waals surface area (Å²) >= 11 is 0. The molecular weight excluding hydrogens is 344 g/mol. The van der Waals surface area contributed by atoms with Crippen molar-refractivity contribution in [1.82, 2.24) is 9.55 Å². The molecule has 0 atom stereocenters. The lowest BCUT2D eigenvalue weighted by molar-refractivity contribution is -0.152. The van der Waals surface area contributed by atoms with Crippen LogP contribution in [-0.4, -0.2) is 39.3 Å². The standard InChI is InChI=1S/C20H32N4O3/c1-14(2)9-20(19(26)27,10-15(3)4)7-5-6-8-24-13-23-17-16(25)11-21-12-22-18(17)24/h12-15H,5-11H2,1-4H3,(H,21,22)(H,26,27). The molecule has 7 heteroatoms. The number of nitrogens with zero attached hydrogens (tertiary/aromatic N) is 3. The minimum atomic E-state index is -0.676. The third-order valence-corrected chi connectivity index (χ3v) is 4.99. The van der Waals surface area contributed by atoms with E-state index in [4.69, 9.17) is 0 Å². The first-order valence-electron chi connectivity index (χ1n) is 9.81. The number of ketones is 1. The second-order valence-electron chi connectivity index (χ2n) is 8.41. The van der Waals surface area contributed by atoms with Gasteiger partial charge in [-0.25, -0.2) is 4.98 Å². The quantitative estimate of drug-likeness (QED) is 0.605. The van der Waals surface area contributed by atoms with Crippen LogP contribution in [0, 0.1) is 17.3 Å². The smallest absolute Gasteiger partial charge is 0.309 e. The lowest BCUT2D eigenvalue weighted by atomic mass is 9.71. The second kappa shape index (κ2) is 9.15. The van der Waals surface area contributed by atoms with Crippen LogP contribution in [0.25, 0.3) is 0 Å². The molecule has 2 heterocycles. The highest BCUT2D eigenvalue weighted by Gasteiger charge is 2.38. The molecule has 0 bridgehead atoms. The fourth-order valence-corrected chi connectivity index (χ4v) is 4.09. The third-order valence-electron chi connectivity index (χ3n) is 4.99. The predicted octanol–water partition coefficient (Wildman–Crippen LogP) is 3.85. The SMILES string of the molecule is CC(C)CC(CCCCn1cnc2c1NC=NCC2=O)(CC(C)C)C(=O)O. The summed E-state index contributed by atoms with van der Waals surface area (Å²) in [5.41, 5.74) is -0.235. The van der Waals surface area contributed by atoms with Gasteiger partial charge in [-0.15, -0.1) is 0 Å². The molecule has 0 spiro atoms. The molecule has 0 unspecified atom stereocenters. The number of nitrogens with one attached hydrogen (secondary N) is 1. The minimum absolute atomic E-state index is 0.0937. The highest BCUT2D eigenvalue weighted by atomic mass is 16.4. The van der Waals surface area contributed by atoms with Gasteiger partial charge in [-0.1, -0.05) is 34.1 Å². The summed E-state index contributed by atoms with van der Waals surface area (Å²) in [6.07, 6.45) is 6.93. The van der Waals surface area contributed by atoms with Gasteiger partial charge in [-0.05, 0) is 37.5 Å². The van der Waals surface area contributed by atoms with E-state index < -0.39 is 11.4 Å². The molecule has 150 valence electrons. The van der Waals surface area contributed by atoms with Gasteiger partial charge in [0.1, 0.15) is 12.4 Å². The predicted molar refractivity (Wildman–Crippen MR) is 106 cm³/mol. The number of carbonyl (C=O) groups excluding carboxylic acids is 1. The fourth-order valence-electron chi connectivity index (χ4n) is 4.09. The minimum Gasteiger partial charge on any atom is -0.481 e. The Balaban J connectivity index is 2.00. The molecule has 0 amide bonds. The molecule has 2 N–H and O–H groups in total. The number of aromatic nitrogens is 2. The van der Waals surface area contributed by atoms with Gasteiger partial charge in [0.15, 0.2) is 5.69 Å². The molecule has 1 aromatic heterocycles. The van der Waals surface area contributed by atoms with E-state index in [1.165, 1.54) is 6.34 Å². The maximum Gasteiger partial charge on any atom is 0.309 e. The van der Waals surface area contributed by atoms with Gasteiger partial charge in [0.2, 0.25) is 5.78 Å². The summed E-state index contributed by atoms with van der Waals surface area (Å²) in [4.78, 5) is 32.3. The summed E-state index contributed by atoms with van der Waals surface area (Å²) < 4.78 is 1.91. The first-order chi connectivity index (χ1) is 12.7. The van der Waals surface area contributed by atoms with Crippen molar-refractivity contribution < 1.29 is 14.7 Å². The Morgan fingerprint density at radius 3 is 2.52 bits per heavy atom. The van der Waals surface area contributed by atoms with Gasteiger partial charge < -0.3 is 15.0 Å². The van der Waals surface area contributed by atoms with Crippen LogP contribution in [0.2, 0.25) is 0 Å². The number of rotatable bonds is 10. The normalized spacial score (nSPS) is 14.4. The molecule has 27 heavy (non-hydrogen) atoms. The van der Waals surface area contributed by atoms with E-state index in [-0.39, 0.29) is 12.3 Å². The lowest BCUT2D eigenvalue weighted by Crippen LogP contribution is -2.34. The fraction of sp³-hybridized carbons (Fsp3) is 0.700. The second-order valence-corrected chi connectivity index (χ2v) is 8.41. The van der Waals surface area contributed by atoms with Gasteiger partial charge in [-0.3, -0.25) is 14.6 Å². The number of carbonyl (C=O) groups is 2. The Hall–Kier alpha value is -2.18. The highest BCUT2D eigenvalue weighted by Crippen LogP contribution is 2.39. The topological polar surface area (TPSA) is 96.6 Å². The maximum atomic E-state index is 12.1. The van der Waals surface area contributed by atoms with Gasteiger partial charge in [-0.2, -0.15) is 0 Å². The monoisotopic (exact) mass is 376 g/mol. The summed E-state index contributed by atoms with van der Waals surface area (Å²) in [6.45, 7) is 9.15. The first kappa shape index (κ1) is 21.1. The van der Waals surface area contributed by atoms with Crippen LogP contribution < -0.4 is 5.32 Å². The number of aryl methyl sites for hydroxylation is 1. The van der Waals surface area contributed by atoms with E-state index in [1.807, 2.05) is 4.57 Å². The van der Waals surface area contributed by atoms with Crippen molar-refractivity contribution in [1.29, 1.82) is 0 Å². The number of imidazole rings is 1. The molecule has 0 aromatic carbocycles. The summed E-state index contributed by atoms with van der Waals surface area (Å²) in [7, 11) is 0. The van der Waals surface area contributed by atoms with Crippen molar-refractivity contribution in [2.75, 3.05) is 11.9 Å². The molecule has 7 nitrogen and oxygen atoms in total. The molecule has 0 aliphatic carbocycles. The molecule has 2 rings (SSSR count). The zero-order chi connectivity index (χ0) is 20.0. The van der Waals surface area contributed by atoms with Crippen molar-refractivity contribution in [2.45, 2.75) is 66.3 Å². The van der Waals surface area contributed by atoms with Crippen LogP contribution in [0.3, 0.4) is 0 Å². The van der Waals surface area contributed by atoms with Crippen LogP contribution in [0.4, 0.5) is 5.82 Å². The molecular formula is C20H32N4O3. The van der Waals surface area contributed by atoms with E-state index in [1.54, 1.807) is 6.33 Å². The van der Waals surface area contributed by atoms with Crippen molar-refractivity contribution in [3.8, 4) is 0 Å². The number of aliphatic imine (C=N–C) groups is 1. The number of anilines is 1. The van der Waals surface area contributed by atoms with E-state index in [0.29, 0.717) is 49.2 Å². The summed E-state index contributed by atoms with van der Waals surface area (Å²) in [5, 5.41) is 13.0. The van der Waals surface area contributed by atoms with Gasteiger partial charge in [0.05, 0.1) is 18.1 Å². The van der Waals surface area contributed by atoms with Crippen LogP contribution in [0.1, 0.15) is 70.3 Å². The van der Waals surface area contributed by atoms with Crippen molar-refractivity contribution >= 4 is 23.9 Å². The number of Topliss-reactive ketones (excluding diaryl/α,β-unsaturated/α-hetero) is 1. The zero-order valence-electron chi connectivity index (χ0n) is 16.9. The molecule has 0 radical (unpaired) electrons. The molecule has 1 aliphatic heterocycles. The number of fused-ring (bicyclic) bond motifs is 1. The zero-order valence-corrected chi connectivity index (χ0v) is 16.9. The highest BCUT2D eigenvalue weighted by molar-refractivity contribution is 6.03. The lowest BCUT2D eigenvalue weighted by Gasteiger charge is -2.33. The van der Waals surface area contributed by atoms with E-state index in [2.05, 4.69) is 43.0 Å². The number of aliphatic carboxylic acids is 1. The number of carboxylic acid groups (broad SMARTS) is 1. The largest absolute Gasteiger partial charge is 0.481 e. The molecule has 0 saturated heterocycles. The van der Waals surface area contributed by atoms with Crippen molar-refractivity contribution in [3.05, 3.63) is 12.0 Å². The van der Waals surface area contributed by atoms with Crippen LogP contribution in [-0.2, 0) is 11.3 Å². The summed E-state index contributed by atoms with van der Waals surface area (Å²) in [5.74, 6) is 0.598. The first-order valence-corrected chi connectivity index (χ1v) is 9.81. The Morgan fingerprint density at radius 2 is 1.93 bits per heavy atom. The van der Waals surface area contributed by atoms with Crippen LogP contribution >= 0.6 is 0 Å². The number of hydrogen-bond donors (Lipinski definition) is 2. The molecule has 0 saturated carbocycles. The molecule has 1 aromatic rings. The van der Waals surface area contributed by atoms with Gasteiger partial charge in [0, 0.05) is 6.54 Å². The van der Waals surface area contributed by atoms with Gasteiger partial charge >= 0.3 is 5.97 Å². The maximum absolute atomic E-state index is 12.1. The number of carboxylic acids is 1. The van der Waals surface area contributed by atoms with E-state index in [0.717, 1.165) is 12.8 Å². The Morgan fingerprint density at radius 1 is 1.26 bits per heavy atom. The van der Waals surface area contributed by atoms with Crippen LogP contribution in [0.15, 0.2) is 11.3 Å². The van der Waals surface area contributed by atoms with Crippen molar-refractivity contribution in [2.24, 2.45) is 22.2 Å². The van der Waals surface area contributed by atoms with Gasteiger partial charge in [0.25, 0.3) is 0 Å². The average Bonchev–Trinajstić information content (AvgIpc) is 2.87. The van der Waals surface area contributed by atoms with E-state index >= 15 is 0 Å². The van der Waals surface area contributed by atoms with Crippen molar-refractivity contribution in [3.63, 3.8) is 0 Å². The Bertz CT molecular complexity index is 681. The average molecular weight is 377 g/mol. The molecule has 0 fully saturated rings. The Kier molecular flexibility index (Phi) is 7.16. The summed E-state index contributed by atoms with van der Waals surface area (Å²) in [6, 6.07) is 0. The van der Waals surface area contributed by atoms with Crippen LogP contribution in [0.5, 0.6) is 0 Å². The van der Waals surface area contributed by atoms with E-state index in [9.17, 15) is 14.7 Å².